The molecule has 11 rings (SSSR count). The Bertz CT molecular complexity index is 2970. The molecule has 0 saturated carbocycles. The molecule has 0 bridgehead atoms. The summed E-state index contributed by atoms with van der Waals surface area (Å²) in [4.78, 5) is 26.1. The van der Waals surface area contributed by atoms with Crippen molar-refractivity contribution in [2.75, 3.05) is 0 Å². The van der Waals surface area contributed by atoms with E-state index in [0.29, 0.717) is 17.5 Å². The number of aromatic nitrogens is 5. The van der Waals surface area contributed by atoms with Crippen LogP contribution in [0.1, 0.15) is 100 Å². The zero-order valence-corrected chi connectivity index (χ0v) is 35.8. The molecule has 0 spiro atoms. The van der Waals surface area contributed by atoms with Crippen molar-refractivity contribution in [3.8, 4) is 34.2 Å². The maximum Gasteiger partial charge on any atom is 0.164 e. The van der Waals surface area contributed by atoms with Crippen molar-refractivity contribution in [2.24, 2.45) is 5.41 Å². The summed E-state index contributed by atoms with van der Waals surface area (Å²) in [6, 6.07) is 29.4. The van der Waals surface area contributed by atoms with Crippen LogP contribution in [0.2, 0.25) is 0 Å². The zero-order chi connectivity index (χ0) is 42.0. The van der Waals surface area contributed by atoms with E-state index in [-0.39, 0.29) is 16.7 Å². The molecule has 2 aromatic heterocycles. The highest BCUT2D eigenvalue weighted by molar-refractivity contribution is 5.93. The van der Waals surface area contributed by atoms with Crippen LogP contribution < -0.4 is 0 Å². The predicted octanol–water partition coefficient (Wildman–Crippen LogP) is 13.4. The van der Waals surface area contributed by atoms with Gasteiger partial charge >= 0.3 is 0 Å². The van der Waals surface area contributed by atoms with Crippen LogP contribution in [0.4, 0.5) is 0 Å². The molecule has 3 heterocycles. The number of benzene rings is 3. The summed E-state index contributed by atoms with van der Waals surface area (Å²) >= 11 is 0. The standard InChI is InChI=1S/C56H49N5O/c1-55(2)42-25-15-14-22-39(42)49-41(24-17-27-44(49)55)54-60-52(37-20-10-6-11-21-37)59-53(61-54)38-32-30-35(31-33-38)46-34-47(58-51(57-46)36-18-8-5-9-19-36)40-23-16-28-45-50(40)62-48-29-13-7-12-26-43(48)56(45,3)4/h5-6,8-14,17-22,24,26-30,32-35H,7,15-16,23,25,31H2,1-4H3. The second kappa shape index (κ2) is 15.0. The van der Waals surface area contributed by atoms with Gasteiger partial charge in [0.05, 0.1) is 11.4 Å². The van der Waals surface area contributed by atoms with Crippen molar-refractivity contribution in [3.63, 3.8) is 0 Å². The molecule has 0 N–H and O–H groups in total. The molecule has 1 atom stereocenters. The Balaban J connectivity index is 0.986. The van der Waals surface area contributed by atoms with Crippen LogP contribution in [0.5, 0.6) is 0 Å². The van der Waals surface area contributed by atoms with Gasteiger partial charge in [-0.3, -0.25) is 0 Å². The summed E-state index contributed by atoms with van der Waals surface area (Å²) in [5, 5.41) is 0. The van der Waals surface area contributed by atoms with Gasteiger partial charge in [0, 0.05) is 55.7 Å². The largest absolute Gasteiger partial charge is 0.456 e. The molecule has 6 aliphatic rings. The second-order valence-electron chi connectivity index (χ2n) is 18.1. The molecule has 6 nitrogen and oxygen atoms in total. The van der Waals surface area contributed by atoms with E-state index < -0.39 is 0 Å². The predicted molar refractivity (Wildman–Crippen MR) is 250 cm³/mol. The van der Waals surface area contributed by atoms with Crippen LogP contribution >= 0.6 is 0 Å². The Kier molecular flexibility index (Phi) is 9.22. The molecule has 304 valence electrons. The van der Waals surface area contributed by atoms with E-state index in [4.69, 9.17) is 29.7 Å². The highest BCUT2D eigenvalue weighted by atomic mass is 16.5. The number of hydrogen-bond donors (Lipinski definition) is 0. The lowest BCUT2D eigenvalue weighted by Crippen LogP contribution is -2.27. The van der Waals surface area contributed by atoms with Crippen LogP contribution in [-0.4, -0.2) is 24.9 Å². The Morgan fingerprint density at radius 1 is 0.629 bits per heavy atom. The summed E-state index contributed by atoms with van der Waals surface area (Å²) in [5.74, 6) is 4.63. The van der Waals surface area contributed by atoms with E-state index in [0.717, 1.165) is 95.1 Å². The first-order valence-corrected chi connectivity index (χ1v) is 22.1. The Hall–Kier alpha value is -6.79. The van der Waals surface area contributed by atoms with Crippen LogP contribution in [0.3, 0.4) is 0 Å². The molecule has 0 saturated heterocycles. The normalized spacial score (nSPS) is 20.5. The Morgan fingerprint density at radius 2 is 1.37 bits per heavy atom. The number of nitrogens with zero attached hydrogens (tertiary/aromatic N) is 5. The van der Waals surface area contributed by atoms with E-state index in [9.17, 15) is 0 Å². The first-order valence-electron chi connectivity index (χ1n) is 22.1. The molecule has 0 amide bonds. The van der Waals surface area contributed by atoms with Gasteiger partial charge in [0.1, 0.15) is 11.5 Å². The van der Waals surface area contributed by atoms with Crippen molar-refractivity contribution < 1.29 is 4.74 Å². The van der Waals surface area contributed by atoms with Gasteiger partial charge in [0.15, 0.2) is 23.3 Å². The molecule has 62 heavy (non-hydrogen) atoms. The SMILES string of the molecule is CC1(C)C2=CCCC(c3cc(C4C=CC(c5nc(-c6ccccc6)nc(-c6cccc7c6C6=C(CCC=C6)C7(C)C)n5)=CC4)nc(-c4ccccc4)n3)=C2OC2=C1C=CCC=C2. The van der Waals surface area contributed by atoms with E-state index in [1.54, 1.807) is 0 Å². The van der Waals surface area contributed by atoms with Crippen molar-refractivity contribution in [1.29, 1.82) is 0 Å². The maximum absolute atomic E-state index is 6.86. The Morgan fingerprint density at radius 3 is 2.15 bits per heavy atom. The van der Waals surface area contributed by atoms with Crippen LogP contribution in [0, 0.1) is 5.41 Å². The average molecular weight is 808 g/mol. The third-order valence-electron chi connectivity index (χ3n) is 13.6. The summed E-state index contributed by atoms with van der Waals surface area (Å²) in [6.07, 6.45) is 28.0. The van der Waals surface area contributed by atoms with E-state index >= 15 is 0 Å². The fraction of sp³-hybridized carbons (Fsp3) is 0.232. The zero-order valence-electron chi connectivity index (χ0n) is 35.8. The topological polar surface area (TPSA) is 73.7 Å². The molecule has 3 aromatic carbocycles. The lowest BCUT2D eigenvalue weighted by atomic mass is 9.71. The number of fused-ring (bicyclic) bond motifs is 3. The molecular formula is C56H49N5O. The van der Waals surface area contributed by atoms with E-state index in [1.165, 1.54) is 33.4 Å². The lowest BCUT2D eigenvalue weighted by Gasteiger charge is -2.39. The smallest absolute Gasteiger partial charge is 0.164 e. The lowest BCUT2D eigenvalue weighted by molar-refractivity contribution is 0.274. The molecular weight excluding hydrogens is 759 g/mol. The monoisotopic (exact) mass is 807 g/mol. The summed E-state index contributed by atoms with van der Waals surface area (Å²) in [6.45, 7) is 9.34. The van der Waals surface area contributed by atoms with Crippen molar-refractivity contribution in [3.05, 3.63) is 202 Å². The average Bonchev–Trinajstić information content (AvgIpc) is 3.42. The minimum atomic E-state index is -0.204. The third kappa shape index (κ3) is 6.43. The quantitative estimate of drug-likeness (QED) is 0.170. The number of hydrogen-bond acceptors (Lipinski definition) is 6. The van der Waals surface area contributed by atoms with Gasteiger partial charge in [-0.1, -0.05) is 167 Å². The molecule has 6 heteroatoms. The van der Waals surface area contributed by atoms with Crippen LogP contribution in [-0.2, 0) is 10.2 Å². The Labute approximate surface area is 364 Å². The van der Waals surface area contributed by atoms with Gasteiger partial charge in [0.2, 0.25) is 0 Å². The number of rotatable bonds is 6. The van der Waals surface area contributed by atoms with E-state index in [1.807, 2.05) is 24.3 Å². The molecule has 1 unspecified atom stereocenters. The van der Waals surface area contributed by atoms with Gasteiger partial charge in [-0.25, -0.2) is 24.9 Å². The van der Waals surface area contributed by atoms with Gasteiger partial charge < -0.3 is 4.74 Å². The maximum atomic E-state index is 6.86. The highest BCUT2D eigenvalue weighted by Gasteiger charge is 2.41. The molecule has 5 aliphatic carbocycles. The number of allylic oxidation sites excluding steroid dienone is 16. The molecule has 5 aromatic rings. The first-order chi connectivity index (χ1) is 30.2. The molecule has 0 radical (unpaired) electrons. The third-order valence-corrected chi connectivity index (χ3v) is 13.6. The molecule has 1 aliphatic heterocycles. The minimum Gasteiger partial charge on any atom is -0.456 e. The fourth-order valence-corrected chi connectivity index (χ4v) is 10.2. The van der Waals surface area contributed by atoms with Gasteiger partial charge in [-0.05, 0) is 67.4 Å². The van der Waals surface area contributed by atoms with Crippen molar-refractivity contribution in [1.82, 2.24) is 24.9 Å². The van der Waals surface area contributed by atoms with E-state index in [2.05, 4.69) is 149 Å². The van der Waals surface area contributed by atoms with Crippen molar-refractivity contribution >= 4 is 16.7 Å². The molecule has 0 fully saturated rings. The van der Waals surface area contributed by atoms with Crippen molar-refractivity contribution in [2.45, 2.75) is 77.6 Å². The minimum absolute atomic E-state index is 0.0260. The second-order valence-corrected chi connectivity index (χ2v) is 18.1. The first kappa shape index (κ1) is 38.2. The van der Waals surface area contributed by atoms with Crippen LogP contribution in [0.25, 0.3) is 50.9 Å². The summed E-state index contributed by atoms with van der Waals surface area (Å²) < 4.78 is 6.86. The number of ether oxygens (including phenoxy) is 1. The summed E-state index contributed by atoms with van der Waals surface area (Å²) in [5.41, 5.74) is 14.6. The summed E-state index contributed by atoms with van der Waals surface area (Å²) in [7, 11) is 0. The van der Waals surface area contributed by atoms with Gasteiger partial charge in [-0.2, -0.15) is 0 Å². The van der Waals surface area contributed by atoms with Gasteiger partial charge in [0.25, 0.3) is 0 Å². The van der Waals surface area contributed by atoms with Crippen LogP contribution in [0.15, 0.2) is 174 Å². The van der Waals surface area contributed by atoms with Gasteiger partial charge in [-0.15, -0.1) is 0 Å². The fourth-order valence-electron chi connectivity index (χ4n) is 10.2. The highest BCUT2D eigenvalue weighted by Crippen LogP contribution is 2.53.